The summed E-state index contributed by atoms with van der Waals surface area (Å²) >= 11 is 12.7. The number of anilines is 1. The van der Waals surface area contributed by atoms with E-state index in [2.05, 4.69) is 0 Å². The van der Waals surface area contributed by atoms with Gasteiger partial charge in [0.15, 0.2) is 4.32 Å². The number of carbonyl (C=O) groups excluding carboxylic acids is 1. The van der Waals surface area contributed by atoms with Crippen molar-refractivity contribution >= 4 is 63.3 Å². The van der Waals surface area contributed by atoms with Crippen LogP contribution in [0.15, 0.2) is 77.7 Å². The molecule has 0 aromatic heterocycles. The number of nitro benzene ring substituents is 1. The SMILES string of the molecule is O=C1/C(=C\c2ccccc2OCc2ccc([N+](=O)[O-])cc2)SC(=S)N1c1cccc(Cl)c1. The standard InChI is InChI=1S/C23H15ClN2O4S2/c24-17-5-3-6-19(13-17)25-22(27)21(32-23(25)31)12-16-4-1-2-7-20(16)30-14-15-8-10-18(11-9-15)26(28)29/h1-13H,14H2/b21-12+. The molecular formula is C23H15ClN2O4S2. The molecule has 0 saturated carbocycles. The molecule has 0 unspecified atom stereocenters. The zero-order valence-electron chi connectivity index (χ0n) is 16.4. The summed E-state index contributed by atoms with van der Waals surface area (Å²) in [5.74, 6) is 0.353. The molecule has 0 bridgehead atoms. The summed E-state index contributed by atoms with van der Waals surface area (Å²) in [5.41, 5.74) is 2.15. The second-order valence-corrected chi connectivity index (χ2v) is 8.86. The molecule has 3 aromatic carbocycles. The minimum Gasteiger partial charge on any atom is -0.488 e. The number of carbonyl (C=O) groups is 1. The quantitative estimate of drug-likeness (QED) is 0.179. The van der Waals surface area contributed by atoms with Gasteiger partial charge in [0.2, 0.25) is 0 Å². The number of amides is 1. The first kappa shape index (κ1) is 22.0. The molecule has 160 valence electrons. The summed E-state index contributed by atoms with van der Waals surface area (Å²) in [7, 11) is 0. The van der Waals surface area contributed by atoms with Crippen LogP contribution in [0, 0.1) is 10.1 Å². The molecule has 0 radical (unpaired) electrons. The lowest BCUT2D eigenvalue weighted by Gasteiger charge is -2.14. The number of hydrogen-bond acceptors (Lipinski definition) is 6. The molecule has 0 atom stereocenters. The van der Waals surface area contributed by atoms with Crippen LogP contribution in [0.3, 0.4) is 0 Å². The number of halogens is 1. The molecule has 0 N–H and O–H groups in total. The third-order valence-corrected chi connectivity index (χ3v) is 6.14. The Morgan fingerprint density at radius 1 is 1.09 bits per heavy atom. The highest BCUT2D eigenvalue weighted by Gasteiger charge is 2.33. The molecule has 6 nitrogen and oxygen atoms in total. The van der Waals surface area contributed by atoms with Crippen LogP contribution < -0.4 is 9.64 Å². The van der Waals surface area contributed by atoms with Gasteiger partial charge in [-0.05, 0) is 48.0 Å². The average molecular weight is 483 g/mol. The lowest BCUT2D eigenvalue weighted by Crippen LogP contribution is -2.27. The smallest absolute Gasteiger partial charge is 0.270 e. The van der Waals surface area contributed by atoms with E-state index in [0.717, 1.165) is 11.1 Å². The molecule has 0 spiro atoms. The largest absolute Gasteiger partial charge is 0.488 e. The van der Waals surface area contributed by atoms with Crippen LogP contribution in [-0.2, 0) is 11.4 Å². The van der Waals surface area contributed by atoms with Crippen molar-refractivity contribution in [3.05, 3.63) is 104 Å². The van der Waals surface area contributed by atoms with Gasteiger partial charge in [0, 0.05) is 22.7 Å². The molecule has 1 saturated heterocycles. The Kier molecular flexibility index (Phi) is 6.55. The Hall–Kier alpha value is -3.20. The highest BCUT2D eigenvalue weighted by molar-refractivity contribution is 8.27. The second kappa shape index (κ2) is 9.52. The summed E-state index contributed by atoms with van der Waals surface area (Å²) in [4.78, 5) is 25.3. The number of ether oxygens (including phenoxy) is 1. The third-order valence-electron chi connectivity index (χ3n) is 4.61. The molecular weight excluding hydrogens is 468 g/mol. The number of thiocarbonyl (C=S) groups is 1. The Morgan fingerprint density at radius 2 is 1.84 bits per heavy atom. The van der Waals surface area contributed by atoms with Gasteiger partial charge in [0.1, 0.15) is 12.4 Å². The fourth-order valence-corrected chi connectivity index (χ4v) is 4.53. The first-order valence-electron chi connectivity index (χ1n) is 9.41. The molecule has 1 fully saturated rings. The zero-order valence-corrected chi connectivity index (χ0v) is 18.8. The summed E-state index contributed by atoms with van der Waals surface area (Å²) in [5, 5.41) is 11.3. The van der Waals surface area contributed by atoms with Gasteiger partial charge >= 0.3 is 0 Å². The van der Waals surface area contributed by atoms with Crippen molar-refractivity contribution in [3.8, 4) is 5.75 Å². The molecule has 4 rings (SSSR count). The number of benzene rings is 3. The molecule has 32 heavy (non-hydrogen) atoms. The van der Waals surface area contributed by atoms with E-state index in [-0.39, 0.29) is 18.2 Å². The molecule has 3 aromatic rings. The molecule has 1 heterocycles. The van der Waals surface area contributed by atoms with Crippen molar-refractivity contribution in [2.45, 2.75) is 6.61 Å². The molecule has 0 aliphatic carbocycles. The van der Waals surface area contributed by atoms with Crippen LogP contribution in [0.25, 0.3) is 6.08 Å². The summed E-state index contributed by atoms with van der Waals surface area (Å²) in [6.45, 7) is 0.228. The normalized spacial score (nSPS) is 14.8. The van der Waals surface area contributed by atoms with E-state index in [0.29, 0.717) is 25.7 Å². The van der Waals surface area contributed by atoms with Gasteiger partial charge in [-0.1, -0.05) is 59.8 Å². The number of rotatable bonds is 6. The maximum Gasteiger partial charge on any atom is 0.270 e. The Bertz CT molecular complexity index is 1240. The van der Waals surface area contributed by atoms with E-state index >= 15 is 0 Å². The van der Waals surface area contributed by atoms with Gasteiger partial charge in [-0.25, -0.2) is 0 Å². The number of nitro groups is 1. The number of nitrogens with zero attached hydrogens (tertiary/aromatic N) is 2. The number of non-ortho nitro benzene ring substituents is 1. The molecule has 9 heteroatoms. The summed E-state index contributed by atoms with van der Waals surface area (Å²) in [6, 6.07) is 20.5. The summed E-state index contributed by atoms with van der Waals surface area (Å²) in [6.07, 6.45) is 1.75. The van der Waals surface area contributed by atoms with E-state index in [1.54, 1.807) is 48.5 Å². The van der Waals surface area contributed by atoms with Gasteiger partial charge in [-0.2, -0.15) is 0 Å². The van der Waals surface area contributed by atoms with Gasteiger partial charge in [0.25, 0.3) is 11.6 Å². The molecule has 1 aliphatic rings. The van der Waals surface area contributed by atoms with Gasteiger partial charge in [-0.15, -0.1) is 0 Å². The zero-order chi connectivity index (χ0) is 22.7. The minimum absolute atomic E-state index is 0.0240. The Labute approximate surface area is 198 Å². The van der Waals surface area contributed by atoms with Gasteiger partial charge in [-0.3, -0.25) is 19.8 Å². The van der Waals surface area contributed by atoms with Crippen molar-refractivity contribution in [3.63, 3.8) is 0 Å². The topological polar surface area (TPSA) is 72.7 Å². The lowest BCUT2D eigenvalue weighted by molar-refractivity contribution is -0.384. The first-order valence-corrected chi connectivity index (χ1v) is 11.0. The van der Waals surface area contributed by atoms with Crippen LogP contribution in [0.2, 0.25) is 5.02 Å². The minimum atomic E-state index is -0.445. The van der Waals surface area contributed by atoms with Crippen molar-refractivity contribution in [1.82, 2.24) is 0 Å². The Morgan fingerprint density at radius 3 is 2.56 bits per heavy atom. The fraction of sp³-hybridized carbons (Fsp3) is 0.0435. The van der Waals surface area contributed by atoms with Gasteiger partial charge < -0.3 is 4.74 Å². The average Bonchev–Trinajstić information content (AvgIpc) is 3.06. The highest BCUT2D eigenvalue weighted by atomic mass is 35.5. The van der Waals surface area contributed by atoms with E-state index in [1.807, 2.05) is 18.2 Å². The van der Waals surface area contributed by atoms with Crippen LogP contribution in [-0.4, -0.2) is 15.2 Å². The van der Waals surface area contributed by atoms with E-state index in [9.17, 15) is 14.9 Å². The summed E-state index contributed by atoms with van der Waals surface area (Å²) < 4.78 is 6.35. The predicted molar refractivity (Wildman–Crippen MR) is 131 cm³/mol. The highest BCUT2D eigenvalue weighted by Crippen LogP contribution is 2.37. The van der Waals surface area contributed by atoms with E-state index in [4.69, 9.17) is 28.6 Å². The van der Waals surface area contributed by atoms with Crippen molar-refractivity contribution < 1.29 is 14.5 Å². The van der Waals surface area contributed by atoms with Crippen LogP contribution >= 0.6 is 35.6 Å². The van der Waals surface area contributed by atoms with Crippen LogP contribution in [0.5, 0.6) is 5.75 Å². The van der Waals surface area contributed by atoms with Crippen molar-refractivity contribution in [2.24, 2.45) is 0 Å². The molecule has 1 amide bonds. The molecule has 1 aliphatic heterocycles. The lowest BCUT2D eigenvalue weighted by atomic mass is 10.1. The van der Waals surface area contributed by atoms with E-state index < -0.39 is 4.92 Å². The Balaban J connectivity index is 1.54. The van der Waals surface area contributed by atoms with Crippen molar-refractivity contribution in [1.29, 1.82) is 0 Å². The van der Waals surface area contributed by atoms with Gasteiger partial charge in [0.05, 0.1) is 15.5 Å². The van der Waals surface area contributed by atoms with Crippen molar-refractivity contribution in [2.75, 3.05) is 4.90 Å². The van der Waals surface area contributed by atoms with Crippen LogP contribution in [0.4, 0.5) is 11.4 Å². The fourth-order valence-electron chi connectivity index (χ4n) is 3.05. The number of para-hydroxylation sites is 1. The van der Waals surface area contributed by atoms with E-state index in [1.165, 1.54) is 28.8 Å². The predicted octanol–water partition coefficient (Wildman–Crippen LogP) is 6.23. The maximum atomic E-state index is 13.0. The first-order chi connectivity index (χ1) is 15.4. The number of thioether (sulfide) groups is 1. The third kappa shape index (κ3) is 4.83. The number of hydrogen-bond donors (Lipinski definition) is 0. The second-order valence-electron chi connectivity index (χ2n) is 6.75. The monoisotopic (exact) mass is 482 g/mol. The maximum absolute atomic E-state index is 13.0. The van der Waals surface area contributed by atoms with Crippen LogP contribution in [0.1, 0.15) is 11.1 Å².